The maximum atomic E-state index is 11.3. The Balaban J connectivity index is 1.72. The first-order chi connectivity index (χ1) is 10.7. The third-order valence-electron chi connectivity index (χ3n) is 5.43. The smallest absolute Gasteiger partial charge is 0.220 e. The number of hydrogen-bond donors (Lipinski definition) is 2. The minimum atomic E-state index is -0.150. The van der Waals surface area contributed by atoms with Crippen LogP contribution in [0.4, 0.5) is 0 Å². The number of hydrogen-bond acceptors (Lipinski definition) is 4. The van der Waals surface area contributed by atoms with Gasteiger partial charge in [0.05, 0.1) is 19.1 Å². The number of aromatic nitrogens is 4. The van der Waals surface area contributed by atoms with Crippen LogP contribution in [0.3, 0.4) is 0 Å². The Labute approximate surface area is 131 Å². The van der Waals surface area contributed by atoms with Gasteiger partial charge >= 0.3 is 0 Å². The average molecular weight is 307 g/mol. The number of nitrogens with one attached hydrogen (secondary N) is 1. The van der Waals surface area contributed by atoms with Crippen molar-refractivity contribution in [2.24, 2.45) is 11.7 Å². The fourth-order valence-electron chi connectivity index (χ4n) is 4.11. The highest BCUT2D eigenvalue weighted by molar-refractivity contribution is 5.76. The van der Waals surface area contributed by atoms with Crippen LogP contribution in [0.15, 0.2) is 0 Å². The van der Waals surface area contributed by atoms with Crippen LogP contribution in [0.2, 0.25) is 0 Å². The Hall–Kier alpha value is -1.50. The molecule has 7 nitrogen and oxygen atoms in total. The van der Waals surface area contributed by atoms with Crippen molar-refractivity contribution in [1.29, 1.82) is 0 Å². The molecule has 3 rings (SSSR count). The topological polar surface area (TPSA) is 91.1 Å². The lowest BCUT2D eigenvalue weighted by molar-refractivity contribution is -0.938. The summed E-state index contributed by atoms with van der Waals surface area (Å²) in [4.78, 5) is 12.8. The minimum Gasteiger partial charge on any atom is -0.369 e. The van der Waals surface area contributed by atoms with Crippen molar-refractivity contribution in [2.75, 3.05) is 13.1 Å². The number of primary amides is 1. The number of carbonyl (C=O) groups excluding carboxylic acids is 1. The van der Waals surface area contributed by atoms with Crippen molar-refractivity contribution in [3.63, 3.8) is 0 Å². The normalized spacial score (nSPS) is 27.9. The molecule has 0 unspecified atom stereocenters. The molecule has 2 heterocycles. The highest BCUT2D eigenvalue weighted by Crippen LogP contribution is 2.30. The van der Waals surface area contributed by atoms with Gasteiger partial charge in [-0.3, -0.25) is 4.79 Å². The number of nitrogens with zero attached hydrogens (tertiary/aromatic N) is 4. The zero-order valence-electron chi connectivity index (χ0n) is 13.4. The van der Waals surface area contributed by atoms with Gasteiger partial charge in [0.25, 0.3) is 0 Å². The summed E-state index contributed by atoms with van der Waals surface area (Å²) in [6, 6.07) is 0.797. The highest BCUT2D eigenvalue weighted by Gasteiger charge is 2.35. The number of piperidine rings is 1. The van der Waals surface area contributed by atoms with Gasteiger partial charge in [0.15, 0.2) is 0 Å². The molecular weight excluding hydrogens is 280 g/mol. The molecule has 1 amide bonds. The van der Waals surface area contributed by atoms with Crippen molar-refractivity contribution >= 4 is 5.91 Å². The van der Waals surface area contributed by atoms with E-state index in [2.05, 4.69) is 27.1 Å². The van der Waals surface area contributed by atoms with Crippen LogP contribution in [-0.4, -0.2) is 39.2 Å². The molecule has 1 saturated carbocycles. The van der Waals surface area contributed by atoms with Crippen LogP contribution in [0.1, 0.15) is 69.8 Å². The summed E-state index contributed by atoms with van der Waals surface area (Å²) in [5, 5.41) is 12.6. The van der Waals surface area contributed by atoms with E-state index in [1.165, 1.54) is 30.6 Å². The predicted molar refractivity (Wildman–Crippen MR) is 81.0 cm³/mol. The first kappa shape index (κ1) is 15.4. The van der Waals surface area contributed by atoms with Crippen LogP contribution in [0.25, 0.3) is 0 Å². The van der Waals surface area contributed by atoms with E-state index in [1.54, 1.807) is 0 Å². The third-order valence-corrected chi connectivity index (χ3v) is 5.43. The summed E-state index contributed by atoms with van der Waals surface area (Å²) in [5.74, 6) is 0.928. The second kappa shape index (κ2) is 6.73. The lowest BCUT2D eigenvalue weighted by Crippen LogP contribution is -3.13. The molecule has 2 fully saturated rings. The average Bonchev–Trinajstić information content (AvgIpc) is 3.19. The maximum Gasteiger partial charge on any atom is 0.220 e. The Morgan fingerprint density at radius 1 is 1.32 bits per heavy atom. The molecule has 1 aromatic heterocycles. The lowest BCUT2D eigenvalue weighted by Gasteiger charge is -2.33. The molecule has 1 aromatic rings. The molecule has 3 N–H and O–H groups in total. The van der Waals surface area contributed by atoms with Gasteiger partial charge in [-0.25, -0.2) is 4.68 Å². The van der Waals surface area contributed by atoms with E-state index in [0.29, 0.717) is 12.1 Å². The largest absolute Gasteiger partial charge is 0.369 e. The van der Waals surface area contributed by atoms with Crippen molar-refractivity contribution in [3.8, 4) is 0 Å². The fourth-order valence-corrected chi connectivity index (χ4v) is 4.11. The van der Waals surface area contributed by atoms with Gasteiger partial charge in [-0.15, -0.1) is 5.10 Å². The number of amides is 1. The molecule has 122 valence electrons. The monoisotopic (exact) mass is 307 g/mol. The predicted octanol–water partition coefficient (Wildman–Crippen LogP) is 0.0195. The van der Waals surface area contributed by atoms with Crippen molar-refractivity contribution in [2.45, 2.75) is 64.0 Å². The van der Waals surface area contributed by atoms with Crippen molar-refractivity contribution < 1.29 is 9.69 Å². The second-order valence-electron chi connectivity index (χ2n) is 6.72. The Kier molecular flexibility index (Phi) is 4.71. The number of tetrazole rings is 1. The van der Waals surface area contributed by atoms with Crippen LogP contribution in [0, 0.1) is 5.92 Å². The molecular formula is C15H27N6O+. The quantitative estimate of drug-likeness (QED) is 0.802. The molecule has 7 heteroatoms. The summed E-state index contributed by atoms with van der Waals surface area (Å²) in [6.07, 6.45) is 7.71. The van der Waals surface area contributed by atoms with Gasteiger partial charge in [0.2, 0.25) is 11.7 Å². The molecule has 1 saturated heterocycles. The molecule has 0 spiro atoms. The maximum absolute atomic E-state index is 11.3. The lowest BCUT2D eigenvalue weighted by atomic mass is 9.94. The van der Waals surface area contributed by atoms with Crippen LogP contribution in [0.5, 0.6) is 0 Å². The van der Waals surface area contributed by atoms with E-state index >= 15 is 0 Å². The van der Waals surface area contributed by atoms with Gasteiger partial charge < -0.3 is 10.6 Å². The van der Waals surface area contributed by atoms with Crippen molar-refractivity contribution in [3.05, 3.63) is 5.82 Å². The summed E-state index contributed by atoms with van der Waals surface area (Å²) >= 11 is 0. The van der Waals surface area contributed by atoms with E-state index in [1.807, 2.05) is 0 Å². The molecule has 22 heavy (non-hydrogen) atoms. The molecule has 0 radical (unpaired) electrons. The third kappa shape index (κ3) is 2.99. The number of quaternary nitrogens is 1. The summed E-state index contributed by atoms with van der Waals surface area (Å²) in [7, 11) is 0. The van der Waals surface area contributed by atoms with Crippen molar-refractivity contribution in [1.82, 2.24) is 20.2 Å². The van der Waals surface area contributed by atoms with Gasteiger partial charge in [-0.1, -0.05) is 19.8 Å². The number of nitrogens with two attached hydrogens (primary N) is 1. The summed E-state index contributed by atoms with van der Waals surface area (Å²) in [5.41, 5.74) is 5.44. The molecule has 1 aliphatic carbocycles. The van der Waals surface area contributed by atoms with E-state index in [9.17, 15) is 4.79 Å². The van der Waals surface area contributed by atoms with Gasteiger partial charge in [-0.05, 0) is 23.3 Å². The number of rotatable bonds is 5. The summed E-state index contributed by atoms with van der Waals surface area (Å²) in [6.45, 7) is 4.15. The molecule has 1 atom stereocenters. The first-order valence-electron chi connectivity index (χ1n) is 8.62. The van der Waals surface area contributed by atoms with Gasteiger partial charge in [-0.2, -0.15) is 0 Å². The van der Waals surface area contributed by atoms with Crippen LogP contribution < -0.4 is 10.6 Å². The van der Waals surface area contributed by atoms with Gasteiger partial charge in [0, 0.05) is 25.2 Å². The summed E-state index contributed by atoms with van der Waals surface area (Å²) < 4.78 is 2.08. The Morgan fingerprint density at radius 2 is 2.00 bits per heavy atom. The Morgan fingerprint density at radius 3 is 2.59 bits per heavy atom. The van der Waals surface area contributed by atoms with Crippen LogP contribution >= 0.6 is 0 Å². The molecule has 2 aliphatic rings. The van der Waals surface area contributed by atoms with E-state index in [-0.39, 0.29) is 11.8 Å². The number of carbonyl (C=O) groups is 1. The Bertz CT molecular complexity index is 502. The zero-order chi connectivity index (χ0) is 15.5. The fraction of sp³-hybridized carbons (Fsp3) is 0.867. The SMILES string of the molecule is CC[C@H](c1nnnn1C1CCCC1)[NH+]1CCC(C(N)=O)CC1. The molecule has 1 aliphatic heterocycles. The number of likely N-dealkylation sites (tertiary alicyclic amines) is 1. The van der Waals surface area contributed by atoms with Crippen LogP contribution in [-0.2, 0) is 4.79 Å². The van der Waals surface area contributed by atoms with E-state index < -0.39 is 0 Å². The minimum absolute atomic E-state index is 0.0482. The standard InChI is InChI=1S/C15H26N6O/c1-2-13(20-9-7-11(8-10-20)14(16)22)15-17-18-19-21(15)12-5-3-4-6-12/h11-13H,2-10H2,1H3,(H2,16,22)/p+1/t13-/m1/s1. The van der Waals surface area contributed by atoms with Gasteiger partial charge in [0.1, 0.15) is 6.04 Å². The molecule has 0 bridgehead atoms. The second-order valence-corrected chi connectivity index (χ2v) is 6.72. The highest BCUT2D eigenvalue weighted by atomic mass is 16.1. The molecule has 0 aromatic carbocycles. The first-order valence-corrected chi connectivity index (χ1v) is 8.62. The van der Waals surface area contributed by atoms with E-state index in [4.69, 9.17) is 5.73 Å². The zero-order valence-corrected chi connectivity index (χ0v) is 13.4. The van der Waals surface area contributed by atoms with E-state index in [0.717, 1.165) is 38.2 Å².